The molecule has 8 nitrogen and oxygen atoms in total. The largest absolute Gasteiger partial charge is 0.381 e. The topological polar surface area (TPSA) is 100 Å². The molecule has 2 heterocycles. The van der Waals surface area contributed by atoms with Crippen LogP contribution in [-0.4, -0.2) is 75.9 Å². The van der Waals surface area contributed by atoms with Crippen LogP contribution in [0.2, 0.25) is 0 Å². The number of urea groups is 1. The molecule has 0 aromatic heterocycles. The van der Waals surface area contributed by atoms with E-state index in [0.717, 1.165) is 4.90 Å². The van der Waals surface area contributed by atoms with Gasteiger partial charge in [0, 0.05) is 14.1 Å². The third-order valence-corrected chi connectivity index (χ3v) is 3.40. The number of fused-ring (bicyclic) bond motifs is 1. The number of nitrogens with zero attached hydrogens (tertiary/aromatic N) is 5. The second-order valence-corrected chi connectivity index (χ2v) is 4.75. The molecule has 106 valence electrons. The summed E-state index contributed by atoms with van der Waals surface area (Å²) < 4.78 is 1.59. The first-order valence-electron chi connectivity index (χ1n) is 6.22. The van der Waals surface area contributed by atoms with E-state index < -0.39 is 24.1 Å². The van der Waals surface area contributed by atoms with Crippen molar-refractivity contribution in [2.24, 2.45) is 4.99 Å². The van der Waals surface area contributed by atoms with E-state index in [1.165, 1.54) is 25.9 Å². The molecule has 1 N–H and O–H groups in total. The Kier molecular flexibility index (Phi) is 3.55. The second kappa shape index (κ2) is 5.02. The van der Waals surface area contributed by atoms with Gasteiger partial charge < -0.3 is 5.11 Å². The number of aliphatic imine (C=N–C) groups is 1. The number of hydrogen-bond donors (Lipinski definition) is 1. The van der Waals surface area contributed by atoms with Crippen molar-refractivity contribution in [3.05, 3.63) is 0 Å². The van der Waals surface area contributed by atoms with Crippen molar-refractivity contribution in [1.82, 2.24) is 9.80 Å². The molecule has 20 heavy (non-hydrogen) atoms. The van der Waals surface area contributed by atoms with E-state index in [4.69, 9.17) is 5.26 Å². The third-order valence-electron chi connectivity index (χ3n) is 3.40. The zero-order valence-corrected chi connectivity index (χ0v) is 11.6. The number of aliphatic hydroxyl groups is 1. The van der Waals surface area contributed by atoms with Gasteiger partial charge in [-0.25, -0.2) is 9.37 Å². The van der Waals surface area contributed by atoms with Crippen LogP contribution in [0.4, 0.5) is 4.79 Å². The van der Waals surface area contributed by atoms with E-state index in [9.17, 15) is 14.7 Å². The Balaban J connectivity index is 2.47. The number of likely N-dealkylation sites (N-methyl/N-ethyl adjacent to an activating group) is 2. The molecule has 3 amide bonds. The highest BCUT2D eigenvalue weighted by Gasteiger charge is 2.53. The molecule has 0 radical (unpaired) electrons. The van der Waals surface area contributed by atoms with Crippen LogP contribution in [-0.2, 0) is 4.79 Å². The highest BCUT2D eigenvalue weighted by Crippen LogP contribution is 2.19. The van der Waals surface area contributed by atoms with Crippen LogP contribution in [0, 0.1) is 11.3 Å². The van der Waals surface area contributed by atoms with E-state index in [1.807, 2.05) is 6.07 Å². The lowest BCUT2D eigenvalue weighted by molar-refractivity contribution is -0.536. The van der Waals surface area contributed by atoms with Crippen molar-refractivity contribution < 1.29 is 19.3 Å². The quantitative estimate of drug-likeness (QED) is 0.669. The number of nitriles is 1. The van der Waals surface area contributed by atoms with Gasteiger partial charge in [0.25, 0.3) is 17.8 Å². The maximum absolute atomic E-state index is 12.3. The molecule has 0 aliphatic carbocycles. The summed E-state index contributed by atoms with van der Waals surface area (Å²) in [6, 6.07) is 0.792. The molecule has 1 saturated heterocycles. The summed E-state index contributed by atoms with van der Waals surface area (Å²) in [7, 11) is 2.94. The number of imide groups is 1. The Morgan fingerprint density at radius 2 is 2.10 bits per heavy atom. The summed E-state index contributed by atoms with van der Waals surface area (Å²) >= 11 is 0. The predicted octanol–water partition coefficient (Wildman–Crippen LogP) is -1.00. The molecular formula is C12H16N5O3+. The third kappa shape index (κ3) is 1.96. The maximum atomic E-state index is 12.3. The number of carbonyl (C=O) groups is 2. The second-order valence-electron chi connectivity index (χ2n) is 4.75. The van der Waals surface area contributed by atoms with E-state index in [1.54, 1.807) is 4.58 Å². The smallest absolute Gasteiger partial charge is 0.333 e. The number of amides is 3. The summed E-state index contributed by atoms with van der Waals surface area (Å²) in [5.74, 6) is 0.205. The molecule has 2 aliphatic heterocycles. The molecule has 0 saturated carbocycles. The Bertz CT molecular complexity index is 572. The minimum Gasteiger partial charge on any atom is -0.381 e. The number of amidine groups is 2. The Morgan fingerprint density at radius 3 is 2.65 bits per heavy atom. The number of rotatable bonds is 3. The summed E-state index contributed by atoms with van der Waals surface area (Å²) in [5, 5.41) is 18.5. The van der Waals surface area contributed by atoms with Crippen LogP contribution < -0.4 is 0 Å². The molecule has 0 aromatic carbocycles. The van der Waals surface area contributed by atoms with Gasteiger partial charge in [0.2, 0.25) is 0 Å². The minimum atomic E-state index is -0.881. The zero-order valence-electron chi connectivity index (χ0n) is 11.6. The van der Waals surface area contributed by atoms with Crippen LogP contribution in [0.5, 0.6) is 0 Å². The molecule has 2 atom stereocenters. The Hall–Kier alpha value is -2.27. The monoisotopic (exact) mass is 278 g/mol. The first kappa shape index (κ1) is 14.1. The van der Waals surface area contributed by atoms with Crippen molar-refractivity contribution in [3.63, 3.8) is 0 Å². The fourth-order valence-corrected chi connectivity index (χ4v) is 2.36. The van der Waals surface area contributed by atoms with Gasteiger partial charge in [0.15, 0.2) is 6.10 Å². The van der Waals surface area contributed by atoms with Crippen molar-refractivity contribution in [3.8, 4) is 6.07 Å². The van der Waals surface area contributed by atoms with Crippen LogP contribution >= 0.6 is 0 Å². The first-order chi connectivity index (χ1) is 9.40. The molecule has 2 aliphatic rings. The molecule has 0 spiro atoms. The molecule has 2 rings (SSSR count). The SMILES string of the molecule is CC(O)C1=[N+](CCC#N)C2C(=O)N(C)C(=O)N(C)C2=N1. The predicted molar refractivity (Wildman–Crippen MR) is 69.2 cm³/mol. The minimum absolute atomic E-state index is 0.199. The lowest BCUT2D eigenvalue weighted by Crippen LogP contribution is -2.61. The van der Waals surface area contributed by atoms with E-state index in [0.29, 0.717) is 11.7 Å². The number of hydrogen-bond acceptors (Lipinski definition) is 5. The summed E-state index contributed by atoms with van der Waals surface area (Å²) in [5.41, 5.74) is 0. The van der Waals surface area contributed by atoms with Gasteiger partial charge in [-0.2, -0.15) is 5.26 Å². The zero-order chi connectivity index (χ0) is 15.0. The highest BCUT2D eigenvalue weighted by atomic mass is 16.3. The highest BCUT2D eigenvalue weighted by molar-refractivity contribution is 6.23. The summed E-state index contributed by atoms with van der Waals surface area (Å²) in [6.45, 7) is 1.81. The van der Waals surface area contributed by atoms with Gasteiger partial charge in [-0.3, -0.25) is 14.6 Å². The maximum Gasteiger partial charge on any atom is 0.333 e. The summed E-state index contributed by atoms with van der Waals surface area (Å²) in [4.78, 5) is 30.7. The Morgan fingerprint density at radius 1 is 1.45 bits per heavy atom. The van der Waals surface area contributed by atoms with Crippen molar-refractivity contribution in [2.45, 2.75) is 25.5 Å². The normalized spacial score (nSPS) is 23.8. The fraction of sp³-hybridized carbons (Fsp3) is 0.583. The van der Waals surface area contributed by atoms with Gasteiger partial charge in [-0.15, -0.1) is 0 Å². The van der Waals surface area contributed by atoms with Crippen LogP contribution in [0.15, 0.2) is 4.99 Å². The van der Waals surface area contributed by atoms with E-state index in [-0.39, 0.29) is 13.0 Å². The van der Waals surface area contributed by atoms with Gasteiger partial charge in [-0.1, -0.05) is 0 Å². The molecular weight excluding hydrogens is 262 g/mol. The molecule has 2 unspecified atom stereocenters. The lowest BCUT2D eigenvalue weighted by Gasteiger charge is -2.30. The number of carbonyl (C=O) groups excluding carboxylic acids is 2. The average molecular weight is 278 g/mol. The molecule has 8 heteroatoms. The molecule has 0 bridgehead atoms. The van der Waals surface area contributed by atoms with Gasteiger partial charge >= 0.3 is 11.9 Å². The standard InChI is InChI=1S/C12H16N5O3/c1-7(18)9-14-10-8(17(9)6-4-5-13)11(19)16(3)12(20)15(10)2/h7-8,18H,4,6H2,1-3H3/q+1. The first-order valence-corrected chi connectivity index (χ1v) is 6.22. The Labute approximate surface area is 116 Å². The lowest BCUT2D eigenvalue weighted by atomic mass is 10.1. The van der Waals surface area contributed by atoms with Crippen LogP contribution in [0.25, 0.3) is 0 Å². The van der Waals surface area contributed by atoms with Crippen LogP contribution in [0.1, 0.15) is 13.3 Å². The van der Waals surface area contributed by atoms with E-state index in [2.05, 4.69) is 4.99 Å². The van der Waals surface area contributed by atoms with Gasteiger partial charge in [0.1, 0.15) is 0 Å². The average Bonchev–Trinajstić information content (AvgIpc) is 2.80. The summed E-state index contributed by atoms with van der Waals surface area (Å²) in [6.07, 6.45) is -0.683. The molecule has 0 aromatic rings. The number of aliphatic hydroxyl groups excluding tert-OH is 1. The van der Waals surface area contributed by atoms with Crippen molar-refractivity contribution >= 4 is 23.6 Å². The van der Waals surface area contributed by atoms with Crippen molar-refractivity contribution in [2.75, 3.05) is 20.6 Å². The van der Waals surface area contributed by atoms with E-state index >= 15 is 0 Å². The van der Waals surface area contributed by atoms with Gasteiger partial charge in [-0.05, 0) is 11.9 Å². The van der Waals surface area contributed by atoms with Crippen LogP contribution in [0.3, 0.4) is 0 Å². The van der Waals surface area contributed by atoms with Crippen molar-refractivity contribution in [1.29, 1.82) is 5.26 Å². The van der Waals surface area contributed by atoms with Gasteiger partial charge in [0.05, 0.1) is 19.0 Å². The fourth-order valence-electron chi connectivity index (χ4n) is 2.36. The molecule has 1 fully saturated rings.